The van der Waals surface area contributed by atoms with Crippen LogP contribution in [0.4, 0.5) is 0 Å². The molecule has 0 unspecified atom stereocenters. The predicted molar refractivity (Wildman–Crippen MR) is 60.5 cm³/mol. The second-order valence-electron chi connectivity index (χ2n) is 3.77. The summed E-state index contributed by atoms with van der Waals surface area (Å²) >= 11 is 0. The summed E-state index contributed by atoms with van der Waals surface area (Å²) in [4.78, 5) is 10.3. The van der Waals surface area contributed by atoms with Crippen LogP contribution in [0.15, 0.2) is 0 Å². The average molecular weight is 213 g/mol. The predicted octanol–water partition coefficient (Wildman–Crippen LogP) is -1.43. The molecule has 0 spiro atoms. The van der Waals surface area contributed by atoms with E-state index >= 15 is 0 Å². The molecule has 4 N–H and O–H groups in total. The number of amides is 1. The molecular weight excluding hydrogens is 192 g/mol. The molecule has 1 aliphatic rings. The molecule has 15 heavy (non-hydrogen) atoms. The second kappa shape index (κ2) is 8.64. The van der Waals surface area contributed by atoms with E-state index in [-0.39, 0.29) is 6.04 Å². The fraction of sp³-hybridized carbons (Fsp3) is 0.900. The highest BCUT2D eigenvalue weighted by Crippen LogP contribution is 1.95. The zero-order chi connectivity index (χ0) is 10.8. The van der Waals surface area contributed by atoms with E-state index < -0.39 is 0 Å². The van der Waals surface area contributed by atoms with Gasteiger partial charge in [-0.2, -0.15) is 0 Å². The van der Waals surface area contributed by atoms with Crippen molar-refractivity contribution in [2.24, 2.45) is 0 Å². The van der Waals surface area contributed by atoms with Gasteiger partial charge in [0.2, 0.25) is 0 Å². The van der Waals surface area contributed by atoms with Crippen molar-refractivity contribution in [3.63, 3.8) is 0 Å². The first kappa shape index (κ1) is 12.4. The molecule has 1 rings (SSSR count). The molecular formula is C10H21N4O. The van der Waals surface area contributed by atoms with Gasteiger partial charge in [-0.1, -0.05) is 0 Å². The molecule has 1 aliphatic heterocycles. The van der Waals surface area contributed by atoms with Crippen molar-refractivity contribution in [2.45, 2.75) is 18.9 Å². The van der Waals surface area contributed by atoms with Crippen LogP contribution in [0.2, 0.25) is 0 Å². The van der Waals surface area contributed by atoms with Gasteiger partial charge in [-0.15, -0.1) is 0 Å². The minimum absolute atomic E-state index is 0.245. The minimum Gasteiger partial charge on any atom is -0.345 e. The maximum absolute atomic E-state index is 10.3. The van der Waals surface area contributed by atoms with Gasteiger partial charge in [0, 0.05) is 32.2 Å². The first-order chi connectivity index (χ1) is 7.43. The van der Waals surface area contributed by atoms with Crippen LogP contribution in [0.3, 0.4) is 0 Å². The highest BCUT2D eigenvalue weighted by Gasteiger charge is 2.07. The Morgan fingerprint density at radius 2 is 1.33 bits per heavy atom. The highest BCUT2D eigenvalue weighted by atomic mass is 16.1. The van der Waals surface area contributed by atoms with Crippen molar-refractivity contribution in [1.29, 1.82) is 0 Å². The van der Waals surface area contributed by atoms with Crippen molar-refractivity contribution in [1.82, 2.24) is 21.3 Å². The molecule has 0 aromatic rings. The number of nitrogens with one attached hydrogen (secondary N) is 4. The lowest BCUT2D eigenvalue weighted by molar-refractivity contribution is 0.448. The Morgan fingerprint density at radius 1 is 0.867 bits per heavy atom. The van der Waals surface area contributed by atoms with Crippen LogP contribution in [0.5, 0.6) is 0 Å². The maximum atomic E-state index is 10.3. The lowest BCUT2D eigenvalue weighted by Crippen LogP contribution is -2.39. The Morgan fingerprint density at radius 3 is 1.80 bits per heavy atom. The average Bonchev–Trinajstić information content (AvgIpc) is 2.22. The maximum Gasteiger partial charge on any atom is 0.309 e. The normalized spacial score (nSPS) is 22.4. The molecule has 0 bridgehead atoms. The second-order valence-corrected chi connectivity index (χ2v) is 3.77. The van der Waals surface area contributed by atoms with Crippen LogP contribution in [-0.4, -0.2) is 51.7 Å². The fourth-order valence-electron chi connectivity index (χ4n) is 1.65. The summed E-state index contributed by atoms with van der Waals surface area (Å²) in [6.07, 6.45) is 3.72. The number of carbonyl (C=O) groups excluding carboxylic acids is 1. The van der Waals surface area contributed by atoms with Crippen molar-refractivity contribution >= 4 is 6.41 Å². The quantitative estimate of drug-likeness (QED) is 0.425. The molecule has 0 saturated carbocycles. The van der Waals surface area contributed by atoms with E-state index in [1.807, 2.05) is 0 Å². The van der Waals surface area contributed by atoms with E-state index in [4.69, 9.17) is 0 Å². The van der Waals surface area contributed by atoms with Crippen LogP contribution in [0.1, 0.15) is 12.8 Å². The zero-order valence-corrected chi connectivity index (χ0v) is 9.14. The summed E-state index contributed by atoms with van der Waals surface area (Å²) in [6, 6.07) is 0.245. The van der Waals surface area contributed by atoms with Crippen molar-refractivity contribution in [3.05, 3.63) is 0 Å². The molecule has 0 aliphatic carbocycles. The molecule has 0 atom stereocenters. The molecule has 1 saturated heterocycles. The molecule has 5 heteroatoms. The fourth-order valence-corrected chi connectivity index (χ4v) is 1.65. The standard InChI is InChI=1S/C10H21N4O/c15-9-14-10-1-3-11-5-7-13-8-6-12-4-2-10/h10-13H,1-8H2,(H,14,15). The molecule has 1 amide bonds. The molecule has 1 heterocycles. The van der Waals surface area contributed by atoms with E-state index in [0.717, 1.165) is 52.1 Å². The van der Waals surface area contributed by atoms with Gasteiger partial charge in [0.1, 0.15) is 0 Å². The lowest BCUT2D eigenvalue weighted by Gasteiger charge is -2.17. The Bertz CT molecular complexity index is 154. The van der Waals surface area contributed by atoms with Crippen LogP contribution in [-0.2, 0) is 4.79 Å². The summed E-state index contributed by atoms with van der Waals surface area (Å²) in [7, 11) is 0. The molecule has 0 aromatic heterocycles. The van der Waals surface area contributed by atoms with Gasteiger partial charge < -0.3 is 21.3 Å². The Kier molecular flexibility index (Phi) is 7.16. The van der Waals surface area contributed by atoms with Gasteiger partial charge >= 0.3 is 6.41 Å². The van der Waals surface area contributed by atoms with Gasteiger partial charge in [0.25, 0.3) is 0 Å². The molecule has 87 valence electrons. The van der Waals surface area contributed by atoms with Crippen molar-refractivity contribution in [3.8, 4) is 0 Å². The zero-order valence-electron chi connectivity index (χ0n) is 9.14. The van der Waals surface area contributed by atoms with E-state index in [0.29, 0.717) is 0 Å². The van der Waals surface area contributed by atoms with E-state index in [2.05, 4.69) is 21.3 Å². The number of rotatable bonds is 2. The summed E-state index contributed by atoms with van der Waals surface area (Å²) < 4.78 is 0. The third kappa shape index (κ3) is 6.43. The van der Waals surface area contributed by atoms with Gasteiger partial charge in [-0.25, -0.2) is 0 Å². The smallest absolute Gasteiger partial charge is 0.309 e. The first-order valence-corrected chi connectivity index (χ1v) is 5.68. The monoisotopic (exact) mass is 213 g/mol. The molecule has 5 nitrogen and oxygen atoms in total. The summed E-state index contributed by atoms with van der Waals surface area (Å²) in [5.41, 5.74) is 0. The number of hydrogen-bond donors (Lipinski definition) is 4. The largest absolute Gasteiger partial charge is 0.345 e. The molecule has 0 aromatic carbocycles. The van der Waals surface area contributed by atoms with Crippen LogP contribution in [0, 0.1) is 0 Å². The highest BCUT2D eigenvalue weighted by molar-refractivity contribution is 5.47. The Balaban J connectivity index is 2.22. The number of hydrogen-bond acceptors (Lipinski definition) is 4. The van der Waals surface area contributed by atoms with Gasteiger partial charge in [0.05, 0.1) is 0 Å². The van der Waals surface area contributed by atoms with Crippen molar-refractivity contribution < 1.29 is 4.79 Å². The third-order valence-electron chi connectivity index (χ3n) is 2.56. The van der Waals surface area contributed by atoms with Gasteiger partial charge in [-0.05, 0) is 25.9 Å². The van der Waals surface area contributed by atoms with E-state index in [1.54, 1.807) is 6.41 Å². The minimum atomic E-state index is 0.245. The summed E-state index contributed by atoms with van der Waals surface area (Å²) in [6.45, 7) is 5.86. The topological polar surface area (TPSA) is 65.2 Å². The van der Waals surface area contributed by atoms with Crippen molar-refractivity contribution in [2.75, 3.05) is 39.3 Å². The first-order valence-electron chi connectivity index (χ1n) is 5.68. The van der Waals surface area contributed by atoms with Crippen LogP contribution < -0.4 is 21.3 Å². The Hall–Kier alpha value is -0.650. The van der Waals surface area contributed by atoms with E-state index in [9.17, 15) is 4.79 Å². The van der Waals surface area contributed by atoms with Gasteiger partial charge in [0.15, 0.2) is 0 Å². The lowest BCUT2D eigenvalue weighted by atomic mass is 10.1. The molecule has 1 fully saturated rings. The SMILES string of the molecule is O=[C]NC1CCNCCNCCNCC1. The molecule has 1 radical (unpaired) electrons. The summed E-state index contributed by atoms with van der Waals surface area (Å²) in [5, 5.41) is 12.7. The Labute approximate surface area is 91.4 Å². The third-order valence-corrected chi connectivity index (χ3v) is 2.56. The van der Waals surface area contributed by atoms with Crippen LogP contribution in [0.25, 0.3) is 0 Å². The summed E-state index contributed by atoms with van der Waals surface area (Å²) in [5.74, 6) is 0. The van der Waals surface area contributed by atoms with Crippen LogP contribution >= 0.6 is 0 Å². The van der Waals surface area contributed by atoms with Gasteiger partial charge in [-0.3, -0.25) is 4.79 Å². The van der Waals surface area contributed by atoms with E-state index in [1.165, 1.54) is 0 Å².